The summed E-state index contributed by atoms with van der Waals surface area (Å²) >= 11 is 16.7. The zero-order valence-corrected chi connectivity index (χ0v) is 11.7. The molecule has 0 fully saturated rings. The van der Waals surface area contributed by atoms with Crippen LogP contribution < -0.4 is 5.32 Å². The molecule has 18 heavy (non-hydrogen) atoms. The highest BCUT2D eigenvalue weighted by molar-refractivity contribution is 6.68. The quantitative estimate of drug-likeness (QED) is 0.666. The van der Waals surface area contributed by atoms with E-state index >= 15 is 0 Å². The van der Waals surface area contributed by atoms with E-state index in [4.69, 9.17) is 34.8 Å². The van der Waals surface area contributed by atoms with E-state index in [-0.39, 0.29) is 6.54 Å². The maximum Gasteiger partial charge on any atom is 0.324 e. The molecule has 1 heterocycles. The topological polar surface area (TPSA) is 65.5 Å². The zero-order valence-electron chi connectivity index (χ0n) is 9.48. The van der Waals surface area contributed by atoms with Gasteiger partial charge in [0.2, 0.25) is 3.79 Å². The number of nitrogens with one attached hydrogen (secondary N) is 1. The lowest BCUT2D eigenvalue weighted by molar-refractivity contribution is 0.0418. The van der Waals surface area contributed by atoms with Crippen LogP contribution in [-0.2, 0) is 0 Å². The summed E-state index contributed by atoms with van der Waals surface area (Å²) in [7, 11) is 0. The van der Waals surface area contributed by atoms with Gasteiger partial charge in [0, 0.05) is 12.7 Å². The van der Waals surface area contributed by atoms with Gasteiger partial charge in [-0.25, -0.2) is 4.79 Å². The molecular formula is C10H12Cl3N3O2. The van der Waals surface area contributed by atoms with Crippen molar-refractivity contribution in [3.8, 4) is 0 Å². The Morgan fingerprint density at radius 1 is 1.61 bits per heavy atom. The monoisotopic (exact) mass is 311 g/mol. The Bertz CT molecular complexity index is 397. The van der Waals surface area contributed by atoms with Gasteiger partial charge in [0.15, 0.2) is 6.23 Å². The number of aliphatic hydroxyl groups is 1. The molecule has 1 rings (SSSR count). The zero-order chi connectivity index (χ0) is 13.8. The molecule has 0 aromatic carbocycles. The van der Waals surface area contributed by atoms with Crippen LogP contribution in [0, 0.1) is 0 Å². The van der Waals surface area contributed by atoms with Crippen molar-refractivity contribution < 1.29 is 9.90 Å². The fourth-order valence-electron chi connectivity index (χ4n) is 1.24. The molecule has 0 saturated carbocycles. The minimum absolute atomic E-state index is 0.182. The van der Waals surface area contributed by atoms with Gasteiger partial charge in [0.05, 0.1) is 11.9 Å². The van der Waals surface area contributed by atoms with Gasteiger partial charge in [-0.1, -0.05) is 34.8 Å². The predicted molar refractivity (Wildman–Crippen MR) is 71.9 cm³/mol. The Morgan fingerprint density at radius 2 is 2.28 bits per heavy atom. The number of aromatic nitrogens is 1. The average Bonchev–Trinajstić information content (AvgIpc) is 2.29. The van der Waals surface area contributed by atoms with Gasteiger partial charge in [-0.05, 0) is 19.1 Å². The van der Waals surface area contributed by atoms with Crippen LogP contribution in [0.2, 0.25) is 0 Å². The van der Waals surface area contributed by atoms with Crippen molar-refractivity contribution in [2.24, 2.45) is 0 Å². The summed E-state index contributed by atoms with van der Waals surface area (Å²) in [5.74, 6) is 0. The van der Waals surface area contributed by atoms with E-state index < -0.39 is 16.1 Å². The minimum Gasteiger partial charge on any atom is -0.369 e. The van der Waals surface area contributed by atoms with Crippen molar-refractivity contribution in [3.63, 3.8) is 0 Å². The van der Waals surface area contributed by atoms with Crippen molar-refractivity contribution in [1.29, 1.82) is 0 Å². The largest absolute Gasteiger partial charge is 0.369 e. The molecule has 2 N–H and O–H groups in total. The molecule has 0 bridgehead atoms. The number of pyridine rings is 1. The van der Waals surface area contributed by atoms with Gasteiger partial charge in [0.1, 0.15) is 0 Å². The first kappa shape index (κ1) is 15.3. The second kappa shape index (κ2) is 6.43. The van der Waals surface area contributed by atoms with Crippen molar-refractivity contribution in [2.45, 2.75) is 16.9 Å². The molecule has 1 unspecified atom stereocenters. The first-order valence-corrected chi connectivity index (χ1v) is 6.22. The van der Waals surface area contributed by atoms with E-state index in [1.807, 2.05) is 0 Å². The number of aliphatic hydroxyl groups excluding tert-OH is 1. The molecule has 0 aliphatic heterocycles. The fourth-order valence-corrected chi connectivity index (χ4v) is 1.59. The summed E-state index contributed by atoms with van der Waals surface area (Å²) in [5.41, 5.74) is 0.484. The van der Waals surface area contributed by atoms with E-state index in [0.717, 1.165) is 4.90 Å². The highest BCUT2D eigenvalue weighted by Gasteiger charge is 2.37. The van der Waals surface area contributed by atoms with E-state index in [9.17, 15) is 9.90 Å². The second-order valence-corrected chi connectivity index (χ2v) is 5.74. The molecule has 1 atom stereocenters. The van der Waals surface area contributed by atoms with E-state index in [2.05, 4.69) is 10.3 Å². The first-order valence-electron chi connectivity index (χ1n) is 5.08. The lowest BCUT2D eigenvalue weighted by Gasteiger charge is -2.31. The lowest BCUT2D eigenvalue weighted by Crippen LogP contribution is -2.49. The van der Waals surface area contributed by atoms with Crippen molar-refractivity contribution in [2.75, 3.05) is 11.9 Å². The van der Waals surface area contributed by atoms with Crippen LogP contribution in [0.5, 0.6) is 0 Å². The van der Waals surface area contributed by atoms with Crippen molar-refractivity contribution in [1.82, 2.24) is 9.88 Å². The lowest BCUT2D eigenvalue weighted by atomic mass is 10.4. The molecule has 0 spiro atoms. The predicted octanol–water partition coefficient (Wildman–Crippen LogP) is 2.62. The Balaban J connectivity index is 2.75. The van der Waals surface area contributed by atoms with Gasteiger partial charge < -0.3 is 10.4 Å². The van der Waals surface area contributed by atoms with Crippen LogP contribution in [-0.4, -0.2) is 37.6 Å². The molecule has 1 aromatic heterocycles. The molecule has 1 aromatic rings. The molecular weight excluding hydrogens is 300 g/mol. The number of rotatable bonds is 3. The summed E-state index contributed by atoms with van der Waals surface area (Å²) < 4.78 is -1.97. The number of carbonyl (C=O) groups is 1. The molecule has 0 aliphatic carbocycles. The van der Waals surface area contributed by atoms with E-state index in [0.29, 0.717) is 5.69 Å². The van der Waals surface area contributed by atoms with Crippen LogP contribution in [0.1, 0.15) is 6.92 Å². The van der Waals surface area contributed by atoms with E-state index in [1.54, 1.807) is 25.3 Å². The number of carbonyl (C=O) groups excluding carboxylic acids is 1. The fraction of sp³-hybridized carbons (Fsp3) is 0.400. The number of hydrogen-bond donors (Lipinski definition) is 2. The number of nitrogens with zero attached hydrogens (tertiary/aromatic N) is 2. The molecule has 8 heteroatoms. The number of alkyl halides is 3. The number of amides is 2. The van der Waals surface area contributed by atoms with Crippen LogP contribution >= 0.6 is 34.8 Å². The van der Waals surface area contributed by atoms with E-state index in [1.165, 1.54) is 6.20 Å². The third kappa shape index (κ3) is 4.17. The molecule has 2 amide bonds. The molecule has 0 radical (unpaired) electrons. The van der Waals surface area contributed by atoms with Crippen LogP contribution in [0.3, 0.4) is 0 Å². The number of halogens is 3. The Labute approximate surface area is 120 Å². The Hall–Kier alpha value is -0.750. The highest BCUT2D eigenvalue weighted by atomic mass is 35.6. The highest BCUT2D eigenvalue weighted by Crippen LogP contribution is 2.32. The summed E-state index contributed by atoms with van der Waals surface area (Å²) in [5, 5.41) is 12.3. The summed E-state index contributed by atoms with van der Waals surface area (Å²) in [6.07, 6.45) is 1.50. The Morgan fingerprint density at radius 3 is 2.72 bits per heavy atom. The van der Waals surface area contributed by atoms with Gasteiger partial charge in [0.25, 0.3) is 0 Å². The van der Waals surface area contributed by atoms with Gasteiger partial charge in [-0.2, -0.15) is 0 Å². The normalized spacial score (nSPS) is 12.9. The standard InChI is InChI=1S/C10H12Cl3N3O2/c1-2-16(8(17)10(11,12)13)9(18)15-7-4-3-5-14-6-7/h3-6,8,17H,2H2,1H3,(H,15,18). The molecule has 100 valence electrons. The SMILES string of the molecule is CCN(C(=O)Nc1cccnc1)C(O)C(Cl)(Cl)Cl. The summed E-state index contributed by atoms with van der Waals surface area (Å²) in [4.78, 5) is 16.7. The van der Waals surface area contributed by atoms with Gasteiger partial charge in [-0.15, -0.1) is 0 Å². The number of anilines is 1. The number of hydrogen-bond acceptors (Lipinski definition) is 3. The minimum atomic E-state index is -1.97. The molecule has 0 saturated heterocycles. The molecule has 0 aliphatic rings. The van der Waals surface area contributed by atoms with Crippen molar-refractivity contribution >= 4 is 46.5 Å². The average molecular weight is 313 g/mol. The summed E-state index contributed by atoms with van der Waals surface area (Å²) in [6.45, 7) is 1.84. The van der Waals surface area contributed by atoms with Crippen LogP contribution in [0.25, 0.3) is 0 Å². The smallest absolute Gasteiger partial charge is 0.324 e. The Kier molecular flexibility index (Phi) is 5.47. The second-order valence-electron chi connectivity index (χ2n) is 3.37. The maximum atomic E-state index is 11.9. The van der Waals surface area contributed by atoms with Gasteiger partial charge in [-0.3, -0.25) is 9.88 Å². The molecule has 5 nitrogen and oxygen atoms in total. The number of urea groups is 1. The first-order chi connectivity index (χ1) is 8.36. The third-order valence-electron chi connectivity index (χ3n) is 2.10. The third-order valence-corrected chi connectivity index (χ3v) is 2.69. The maximum absolute atomic E-state index is 11.9. The van der Waals surface area contributed by atoms with Crippen LogP contribution in [0.4, 0.5) is 10.5 Å². The van der Waals surface area contributed by atoms with Crippen LogP contribution in [0.15, 0.2) is 24.5 Å². The summed E-state index contributed by atoms with van der Waals surface area (Å²) in [6, 6.07) is 2.74. The van der Waals surface area contributed by atoms with Crippen molar-refractivity contribution in [3.05, 3.63) is 24.5 Å². The van der Waals surface area contributed by atoms with Gasteiger partial charge >= 0.3 is 6.03 Å².